The van der Waals surface area contributed by atoms with E-state index in [-0.39, 0.29) is 11.5 Å². The van der Waals surface area contributed by atoms with Crippen molar-refractivity contribution in [2.45, 2.75) is 52.2 Å². The molecular formula is C24H38N2O3. The molecule has 4 atom stereocenters. The van der Waals surface area contributed by atoms with Gasteiger partial charge in [-0.1, -0.05) is 20.8 Å². The zero-order valence-electron chi connectivity index (χ0n) is 18.6. The maximum atomic E-state index is 10.6. The molecule has 2 bridgehead atoms. The van der Waals surface area contributed by atoms with E-state index in [4.69, 9.17) is 9.47 Å². The van der Waals surface area contributed by atoms with E-state index in [9.17, 15) is 5.11 Å². The lowest BCUT2D eigenvalue weighted by Gasteiger charge is -2.43. The Bertz CT molecular complexity index is 679. The third-order valence-corrected chi connectivity index (χ3v) is 7.87. The minimum absolute atomic E-state index is 0.233. The molecule has 0 radical (unpaired) electrons. The molecule has 4 rings (SSSR count). The van der Waals surface area contributed by atoms with Crippen LogP contribution in [0.3, 0.4) is 0 Å². The molecule has 1 aliphatic heterocycles. The fraction of sp³-hybridized carbons (Fsp3) is 0.750. The molecule has 3 fully saturated rings. The predicted octanol–water partition coefficient (Wildman–Crippen LogP) is 3.41. The Labute approximate surface area is 176 Å². The summed E-state index contributed by atoms with van der Waals surface area (Å²) in [4.78, 5) is 4.76. The quantitative estimate of drug-likeness (QED) is 0.757. The number of piperazine rings is 1. The van der Waals surface area contributed by atoms with Gasteiger partial charge in [-0.25, -0.2) is 0 Å². The largest absolute Gasteiger partial charge is 0.497 e. The number of hydrogen-bond acceptors (Lipinski definition) is 5. The fourth-order valence-electron chi connectivity index (χ4n) is 6.21. The van der Waals surface area contributed by atoms with Gasteiger partial charge in [0.05, 0.1) is 25.9 Å². The van der Waals surface area contributed by atoms with Gasteiger partial charge in [-0.15, -0.1) is 0 Å². The van der Waals surface area contributed by atoms with E-state index in [0.29, 0.717) is 18.6 Å². The summed E-state index contributed by atoms with van der Waals surface area (Å²) in [5.74, 6) is 1.67. The van der Waals surface area contributed by atoms with Crippen LogP contribution in [-0.2, 0) is 4.74 Å². The first-order valence-electron chi connectivity index (χ1n) is 11.2. The SMILES string of the molecule is COc1ccc(N2CCN(C[C@H](O)CO[C@@H]3C(C)(C)[C@H]4CC[C@@]3(C)C4)CC2)cc1. The fourth-order valence-corrected chi connectivity index (χ4v) is 6.21. The van der Waals surface area contributed by atoms with E-state index in [0.717, 1.165) is 37.8 Å². The lowest BCUT2D eigenvalue weighted by atomic mass is 9.70. The smallest absolute Gasteiger partial charge is 0.119 e. The number of fused-ring (bicyclic) bond motifs is 2. The van der Waals surface area contributed by atoms with Crippen molar-refractivity contribution in [1.29, 1.82) is 0 Å². The summed E-state index contributed by atoms with van der Waals surface area (Å²) in [5, 5.41) is 10.6. The Kier molecular flexibility index (Phi) is 5.84. The third-order valence-electron chi connectivity index (χ3n) is 7.87. The standard InChI is InChI=1S/C24H38N2O3/c1-23(2)18-9-10-24(3,15-18)22(23)29-17-20(27)16-25-11-13-26(14-12-25)19-5-7-21(28-4)8-6-19/h5-8,18,20,22,27H,9-17H2,1-4H3/t18-,20-,22+,24-/m0/s1. The van der Waals surface area contributed by atoms with Gasteiger partial charge in [0.2, 0.25) is 0 Å². The van der Waals surface area contributed by atoms with Crippen LogP contribution in [0.5, 0.6) is 5.75 Å². The number of rotatable bonds is 7. The Morgan fingerprint density at radius 3 is 2.38 bits per heavy atom. The summed E-state index contributed by atoms with van der Waals surface area (Å²) in [5.41, 5.74) is 1.77. The van der Waals surface area contributed by atoms with Crippen molar-refractivity contribution in [1.82, 2.24) is 4.90 Å². The highest BCUT2D eigenvalue weighted by molar-refractivity contribution is 5.49. The van der Waals surface area contributed by atoms with Crippen LogP contribution in [0.4, 0.5) is 5.69 Å². The second-order valence-corrected chi connectivity index (χ2v) is 10.3. The summed E-state index contributed by atoms with van der Waals surface area (Å²) in [6.45, 7) is 12.2. The monoisotopic (exact) mass is 402 g/mol. The molecule has 2 aliphatic carbocycles. The zero-order valence-corrected chi connectivity index (χ0v) is 18.6. The number of hydrogen-bond donors (Lipinski definition) is 1. The normalized spacial score (nSPS) is 32.5. The summed E-state index contributed by atoms with van der Waals surface area (Å²) >= 11 is 0. The molecule has 1 aromatic rings. The molecular weight excluding hydrogens is 364 g/mol. The molecule has 0 spiro atoms. The molecule has 1 aromatic carbocycles. The Morgan fingerprint density at radius 2 is 1.79 bits per heavy atom. The van der Waals surface area contributed by atoms with Crippen LogP contribution in [0.1, 0.15) is 40.0 Å². The average molecular weight is 403 g/mol. The first-order chi connectivity index (χ1) is 13.8. The van der Waals surface area contributed by atoms with Crippen molar-refractivity contribution in [3.05, 3.63) is 24.3 Å². The Balaban J connectivity index is 1.22. The lowest BCUT2D eigenvalue weighted by Crippen LogP contribution is -2.50. The first-order valence-corrected chi connectivity index (χ1v) is 11.2. The minimum Gasteiger partial charge on any atom is -0.497 e. The van der Waals surface area contributed by atoms with Crippen molar-refractivity contribution in [2.24, 2.45) is 16.7 Å². The second-order valence-electron chi connectivity index (χ2n) is 10.3. The summed E-state index contributed by atoms with van der Waals surface area (Å²) in [6, 6.07) is 8.27. The van der Waals surface area contributed by atoms with Crippen LogP contribution in [-0.4, -0.2) is 68.7 Å². The van der Waals surface area contributed by atoms with Crippen LogP contribution in [0.15, 0.2) is 24.3 Å². The maximum absolute atomic E-state index is 10.6. The van der Waals surface area contributed by atoms with E-state index >= 15 is 0 Å². The van der Waals surface area contributed by atoms with E-state index in [1.165, 1.54) is 24.9 Å². The molecule has 1 N–H and O–H groups in total. The number of ether oxygens (including phenoxy) is 2. The number of aliphatic hydroxyl groups excluding tert-OH is 1. The van der Waals surface area contributed by atoms with Gasteiger partial charge in [-0.3, -0.25) is 4.90 Å². The first kappa shape index (κ1) is 21.0. The van der Waals surface area contributed by atoms with Crippen molar-refractivity contribution in [3.63, 3.8) is 0 Å². The molecule has 0 unspecified atom stereocenters. The van der Waals surface area contributed by atoms with Crippen LogP contribution < -0.4 is 9.64 Å². The van der Waals surface area contributed by atoms with Crippen LogP contribution in [0, 0.1) is 16.7 Å². The summed E-state index contributed by atoms with van der Waals surface area (Å²) in [7, 11) is 1.70. The summed E-state index contributed by atoms with van der Waals surface area (Å²) < 4.78 is 11.6. The zero-order chi connectivity index (χ0) is 20.6. The van der Waals surface area contributed by atoms with Gasteiger partial charge < -0.3 is 19.5 Å². The Hall–Kier alpha value is -1.30. The van der Waals surface area contributed by atoms with Crippen molar-refractivity contribution in [2.75, 3.05) is 51.3 Å². The molecule has 1 saturated heterocycles. The van der Waals surface area contributed by atoms with E-state index < -0.39 is 6.10 Å². The number of β-amino-alcohol motifs (C(OH)–C–C–N with tert-alkyl or cyclic N) is 1. The molecule has 1 heterocycles. The number of nitrogens with zero attached hydrogens (tertiary/aromatic N) is 2. The van der Waals surface area contributed by atoms with Crippen molar-refractivity contribution < 1.29 is 14.6 Å². The van der Waals surface area contributed by atoms with Crippen molar-refractivity contribution >= 4 is 5.69 Å². The maximum Gasteiger partial charge on any atom is 0.119 e. The molecule has 29 heavy (non-hydrogen) atoms. The molecule has 3 aliphatic rings. The van der Waals surface area contributed by atoms with Gasteiger partial charge in [-0.2, -0.15) is 0 Å². The topological polar surface area (TPSA) is 45.2 Å². The number of aliphatic hydroxyl groups is 1. The average Bonchev–Trinajstić information content (AvgIpc) is 3.19. The van der Waals surface area contributed by atoms with Crippen LogP contribution >= 0.6 is 0 Å². The highest BCUT2D eigenvalue weighted by Crippen LogP contribution is 2.63. The van der Waals surface area contributed by atoms with Gasteiger partial charge in [0.25, 0.3) is 0 Å². The number of methoxy groups -OCH3 is 1. The summed E-state index contributed by atoms with van der Waals surface area (Å²) in [6.07, 6.45) is 3.75. The molecule has 162 valence electrons. The molecule has 0 amide bonds. The lowest BCUT2D eigenvalue weighted by molar-refractivity contribution is -0.113. The van der Waals surface area contributed by atoms with Gasteiger partial charge in [-0.05, 0) is 60.3 Å². The highest BCUT2D eigenvalue weighted by Gasteiger charge is 2.60. The third kappa shape index (κ3) is 4.14. The van der Waals surface area contributed by atoms with Crippen LogP contribution in [0.2, 0.25) is 0 Å². The van der Waals surface area contributed by atoms with E-state index in [2.05, 4.69) is 42.7 Å². The van der Waals surface area contributed by atoms with E-state index in [1.807, 2.05) is 12.1 Å². The van der Waals surface area contributed by atoms with Gasteiger partial charge >= 0.3 is 0 Å². The van der Waals surface area contributed by atoms with E-state index in [1.54, 1.807) is 7.11 Å². The molecule has 2 saturated carbocycles. The highest BCUT2D eigenvalue weighted by atomic mass is 16.5. The number of anilines is 1. The Morgan fingerprint density at radius 1 is 1.10 bits per heavy atom. The second kappa shape index (κ2) is 8.09. The molecule has 5 heteroatoms. The number of benzene rings is 1. The van der Waals surface area contributed by atoms with Gasteiger partial charge in [0.1, 0.15) is 5.75 Å². The van der Waals surface area contributed by atoms with Gasteiger partial charge in [0, 0.05) is 38.4 Å². The minimum atomic E-state index is -0.416. The predicted molar refractivity (Wildman–Crippen MR) is 117 cm³/mol. The van der Waals surface area contributed by atoms with Gasteiger partial charge in [0.15, 0.2) is 0 Å². The molecule has 5 nitrogen and oxygen atoms in total. The van der Waals surface area contributed by atoms with Crippen molar-refractivity contribution in [3.8, 4) is 5.75 Å². The molecule has 0 aromatic heterocycles. The van der Waals surface area contributed by atoms with Crippen LogP contribution in [0.25, 0.3) is 0 Å².